The monoisotopic (exact) mass is 796 g/mol. The molecule has 0 saturated carbocycles. The molecule has 10 rings (SSSR count). The quantitative estimate of drug-likeness (QED) is 0.0816. The van der Waals surface area contributed by atoms with Crippen molar-refractivity contribution in [2.45, 2.75) is 26.7 Å². The van der Waals surface area contributed by atoms with Crippen LogP contribution in [0.25, 0.3) is 65.3 Å². The average Bonchev–Trinajstić information content (AvgIpc) is 3.83. The third kappa shape index (κ3) is 6.25. The second-order valence-electron chi connectivity index (χ2n) is 14.9. The second kappa shape index (κ2) is 16.7. The first kappa shape index (κ1) is 40.6. The summed E-state index contributed by atoms with van der Waals surface area (Å²) in [5.74, 6) is 0. The maximum Gasteiger partial charge on any atom is 4.00 e. The van der Waals surface area contributed by atoms with Crippen molar-refractivity contribution in [3.05, 3.63) is 220 Å². The van der Waals surface area contributed by atoms with Crippen molar-refractivity contribution < 1.29 is 21.7 Å². The maximum atomic E-state index is 2.49. The molecule has 0 aliphatic heterocycles. The zero-order valence-corrected chi connectivity index (χ0v) is 36.5. The maximum absolute atomic E-state index is 3.09. The summed E-state index contributed by atoms with van der Waals surface area (Å²) in [7, 11) is -3.09. The van der Waals surface area contributed by atoms with E-state index in [1.807, 2.05) is 0 Å². The SMILES string of the molecule is CCc1[cH-]c2cccc([Si](c3ccccc3)(c3ccccc3)c3cccc4[cH-]c(CC)c(-c5cccc6ccccc56)c34)c2c1-c1cccc2ccccc12.[CH3-].[CH3-].[Ti+4]. The van der Waals surface area contributed by atoms with Gasteiger partial charge in [0.2, 0.25) is 0 Å². The van der Waals surface area contributed by atoms with E-state index in [4.69, 9.17) is 0 Å². The van der Waals surface area contributed by atoms with Gasteiger partial charge in [0.15, 0.2) is 8.07 Å². The van der Waals surface area contributed by atoms with Gasteiger partial charge in [-0.2, -0.15) is 0 Å². The van der Waals surface area contributed by atoms with Crippen molar-refractivity contribution in [2.75, 3.05) is 0 Å². The molecule has 0 N–H and O–H groups in total. The summed E-state index contributed by atoms with van der Waals surface area (Å²) in [6, 6.07) is 73.8. The van der Waals surface area contributed by atoms with Crippen LogP contribution < -0.4 is 20.7 Å². The molecular weight excluding hydrogens is 749 g/mol. The fourth-order valence-electron chi connectivity index (χ4n) is 9.77. The Morgan fingerprint density at radius 2 is 0.759 bits per heavy atom. The molecule has 0 unspecified atom stereocenters. The molecule has 0 aliphatic rings. The minimum atomic E-state index is -3.09. The third-order valence-electron chi connectivity index (χ3n) is 12.1. The third-order valence-corrected chi connectivity index (χ3v) is 16.9. The number of benzene rings is 8. The molecule has 0 heterocycles. The standard InChI is InChI=1S/C54H42Si.2CH3.Ti/c1-3-37-35-41-23-17-33-49(53(41)51(37)47-31-15-21-39-19-11-13-29-45(39)47)55(43-25-7-5-8-26-43,44-27-9-6-10-28-44)50-34-18-24-42-36-38(4-2)52(54(42)50)48-32-16-22-40-20-12-14-30-46(40)48;;;/h5-36H,3-4H2,1-2H3;2*1H3;/q-2;2*-1;+4. The summed E-state index contributed by atoms with van der Waals surface area (Å²) < 4.78 is 0. The molecule has 10 aromatic carbocycles. The topological polar surface area (TPSA) is 0 Å². The van der Waals surface area contributed by atoms with Gasteiger partial charge >= 0.3 is 21.7 Å². The Bertz CT molecular complexity index is 2780. The summed E-state index contributed by atoms with van der Waals surface area (Å²) in [6.07, 6.45) is 1.92. The van der Waals surface area contributed by atoms with E-state index in [1.165, 1.54) is 97.2 Å². The second-order valence-corrected chi connectivity index (χ2v) is 18.6. The molecule has 2 heteroatoms. The molecule has 0 amide bonds. The summed E-state index contributed by atoms with van der Waals surface area (Å²) >= 11 is 0. The predicted octanol–water partition coefficient (Wildman–Crippen LogP) is 12.5. The van der Waals surface area contributed by atoms with Crippen LogP contribution in [0.5, 0.6) is 0 Å². The van der Waals surface area contributed by atoms with Crippen molar-refractivity contribution in [3.63, 3.8) is 0 Å². The van der Waals surface area contributed by atoms with Crippen molar-refractivity contribution in [1.82, 2.24) is 0 Å². The van der Waals surface area contributed by atoms with E-state index >= 15 is 0 Å². The first-order chi connectivity index (χ1) is 27.2. The minimum absolute atomic E-state index is 0. The molecule has 0 fully saturated rings. The van der Waals surface area contributed by atoms with Gasteiger partial charge in [-0.1, -0.05) is 193 Å². The largest absolute Gasteiger partial charge is 4.00 e. The van der Waals surface area contributed by atoms with Gasteiger partial charge in [0.25, 0.3) is 0 Å². The van der Waals surface area contributed by atoms with E-state index in [0.717, 1.165) is 12.8 Å². The number of aryl methyl sites for hydroxylation is 2. The van der Waals surface area contributed by atoms with E-state index in [1.54, 1.807) is 0 Å². The van der Waals surface area contributed by atoms with Gasteiger partial charge in [-0.3, -0.25) is 0 Å². The summed E-state index contributed by atoms with van der Waals surface area (Å²) in [5, 5.41) is 16.3. The van der Waals surface area contributed by atoms with E-state index in [0.29, 0.717) is 0 Å². The summed E-state index contributed by atoms with van der Waals surface area (Å²) in [6.45, 7) is 4.63. The van der Waals surface area contributed by atoms with E-state index in [-0.39, 0.29) is 36.6 Å². The Morgan fingerprint density at radius 3 is 1.17 bits per heavy atom. The molecule has 0 nitrogen and oxygen atoms in total. The van der Waals surface area contributed by atoms with Crippen LogP contribution in [0.3, 0.4) is 0 Å². The Labute approximate surface area is 360 Å². The van der Waals surface area contributed by atoms with Crippen LogP contribution in [-0.2, 0) is 34.6 Å². The molecule has 58 heavy (non-hydrogen) atoms. The molecule has 280 valence electrons. The molecule has 10 aromatic rings. The Balaban J connectivity index is 0.00000171. The van der Waals surface area contributed by atoms with Gasteiger partial charge in [-0.25, -0.2) is 0 Å². The summed E-state index contributed by atoms with van der Waals surface area (Å²) in [5.41, 5.74) is 8.20. The molecule has 0 aromatic heterocycles. The van der Waals surface area contributed by atoms with Crippen LogP contribution in [0, 0.1) is 14.9 Å². The average molecular weight is 797 g/mol. The molecule has 0 aliphatic carbocycles. The fraction of sp³-hybridized carbons (Fsp3) is 0.0714. The molecule has 0 spiro atoms. The fourth-order valence-corrected chi connectivity index (χ4v) is 15.0. The molecule has 0 radical (unpaired) electrons. The van der Waals surface area contributed by atoms with Crippen LogP contribution >= 0.6 is 0 Å². The van der Waals surface area contributed by atoms with Gasteiger partial charge in [0.05, 0.1) is 0 Å². The number of rotatable bonds is 8. The van der Waals surface area contributed by atoms with E-state index < -0.39 is 8.07 Å². The Morgan fingerprint density at radius 1 is 0.397 bits per heavy atom. The zero-order valence-electron chi connectivity index (χ0n) is 33.9. The molecule has 0 bridgehead atoms. The van der Waals surface area contributed by atoms with Gasteiger partial charge in [-0.05, 0) is 44.8 Å². The first-order valence-electron chi connectivity index (χ1n) is 19.7. The number of fused-ring (bicyclic) bond motifs is 4. The van der Waals surface area contributed by atoms with E-state index in [2.05, 4.69) is 208 Å². The van der Waals surface area contributed by atoms with Crippen LogP contribution in [0.2, 0.25) is 0 Å². The number of hydrogen-bond donors (Lipinski definition) is 0. The van der Waals surface area contributed by atoms with Crippen molar-refractivity contribution in [2.24, 2.45) is 0 Å². The van der Waals surface area contributed by atoms with E-state index in [9.17, 15) is 0 Å². The Hall–Kier alpha value is -5.57. The molecule has 0 saturated heterocycles. The zero-order chi connectivity index (χ0) is 36.9. The minimum Gasteiger partial charge on any atom is -0.358 e. The smallest absolute Gasteiger partial charge is 0.358 e. The van der Waals surface area contributed by atoms with Crippen molar-refractivity contribution in [1.29, 1.82) is 0 Å². The van der Waals surface area contributed by atoms with Crippen molar-refractivity contribution >= 4 is 71.9 Å². The van der Waals surface area contributed by atoms with Crippen molar-refractivity contribution in [3.8, 4) is 22.3 Å². The predicted molar refractivity (Wildman–Crippen MR) is 254 cm³/mol. The summed E-state index contributed by atoms with van der Waals surface area (Å²) in [4.78, 5) is 0. The van der Waals surface area contributed by atoms with Gasteiger partial charge in [-0.15, -0.1) is 80.2 Å². The van der Waals surface area contributed by atoms with Crippen LogP contribution in [0.1, 0.15) is 25.0 Å². The van der Waals surface area contributed by atoms with Gasteiger partial charge < -0.3 is 14.9 Å². The normalized spacial score (nSPS) is 11.3. The van der Waals surface area contributed by atoms with Crippen LogP contribution in [0.4, 0.5) is 0 Å². The molecular formula is C56H48SiTi. The van der Waals surface area contributed by atoms with Gasteiger partial charge in [0, 0.05) is 0 Å². The number of hydrogen-bond acceptors (Lipinski definition) is 0. The van der Waals surface area contributed by atoms with Crippen LogP contribution in [-0.4, -0.2) is 8.07 Å². The molecule has 0 atom stereocenters. The Kier molecular flexibility index (Phi) is 11.7. The van der Waals surface area contributed by atoms with Crippen LogP contribution in [0.15, 0.2) is 194 Å². The van der Waals surface area contributed by atoms with Gasteiger partial charge in [0.1, 0.15) is 0 Å². The first-order valence-corrected chi connectivity index (χ1v) is 21.7.